The Kier molecular flexibility index (Phi) is 11.8. The Labute approximate surface area is 328 Å². The van der Waals surface area contributed by atoms with Gasteiger partial charge >= 0.3 is 18.1 Å². The number of carbonyl (C=O) groups is 3. The van der Waals surface area contributed by atoms with Crippen LogP contribution in [0, 0.1) is 0 Å². The maximum absolute atomic E-state index is 12.5. The van der Waals surface area contributed by atoms with Gasteiger partial charge < -0.3 is 46.1 Å². The molecule has 0 atom stereocenters. The van der Waals surface area contributed by atoms with Gasteiger partial charge in [-0.25, -0.2) is 14.4 Å². The second-order valence-electron chi connectivity index (χ2n) is 12.4. The van der Waals surface area contributed by atoms with Crippen molar-refractivity contribution in [1.29, 1.82) is 0 Å². The molecule has 12 nitrogen and oxygen atoms in total. The zero-order valence-electron chi connectivity index (χ0n) is 30.3. The summed E-state index contributed by atoms with van der Waals surface area (Å²) in [6, 6.07) is 52.2. The van der Waals surface area contributed by atoms with Gasteiger partial charge in [0.15, 0.2) is 0 Å². The topological polar surface area (TPSA) is 151 Å². The molecule has 7 rings (SSSR count). The monoisotopic (exact) mass is 756 g/mol. The predicted octanol–water partition coefficient (Wildman–Crippen LogP) is 12.0. The summed E-state index contributed by atoms with van der Waals surface area (Å²) >= 11 is 0. The highest BCUT2D eigenvalue weighted by Gasteiger charge is 2.11. The number of carbonyl (C=O) groups excluding carboxylic acids is 3. The van der Waals surface area contributed by atoms with Crippen molar-refractivity contribution in [1.82, 2.24) is 0 Å². The number of rotatable bonds is 12. The molecule has 0 spiro atoms. The van der Waals surface area contributed by atoms with Gasteiger partial charge in [-0.05, 0) is 109 Å². The number of para-hydroxylation sites is 3. The van der Waals surface area contributed by atoms with Crippen molar-refractivity contribution in [3.05, 3.63) is 182 Å². The molecule has 0 aliphatic heterocycles. The third-order valence-corrected chi connectivity index (χ3v) is 7.99. The van der Waals surface area contributed by atoms with Gasteiger partial charge in [0.1, 0.15) is 34.5 Å². The first kappa shape index (κ1) is 37.1. The number of benzene rings is 7. The van der Waals surface area contributed by atoms with E-state index in [9.17, 15) is 14.4 Å². The summed E-state index contributed by atoms with van der Waals surface area (Å²) in [6.07, 6.45) is 0. The van der Waals surface area contributed by atoms with E-state index in [0.29, 0.717) is 68.6 Å². The number of hydrogen-bond acceptors (Lipinski definition) is 6. The van der Waals surface area contributed by atoms with Gasteiger partial charge in [-0.15, -0.1) is 0 Å². The lowest BCUT2D eigenvalue weighted by atomic mass is 10.2. The van der Waals surface area contributed by atoms with Crippen molar-refractivity contribution in [2.75, 3.05) is 31.9 Å². The van der Waals surface area contributed by atoms with Gasteiger partial charge in [-0.1, -0.05) is 54.6 Å². The smallest absolute Gasteiger partial charge is 0.323 e. The molecule has 6 amide bonds. The molecule has 0 aliphatic carbocycles. The lowest BCUT2D eigenvalue weighted by Gasteiger charge is -2.14. The summed E-state index contributed by atoms with van der Waals surface area (Å²) < 4.78 is 18.7. The normalized spacial score (nSPS) is 10.3. The number of nitrogens with one attached hydrogen (secondary N) is 6. The van der Waals surface area contributed by atoms with E-state index in [1.807, 2.05) is 54.6 Å². The molecule has 0 saturated heterocycles. The SMILES string of the molecule is O=C(Nc1ccccc1)Nc1ccc(Oc2cc(Oc3ccc(NC(=O)Nc4ccccc4)cc3)cc(Oc3ccc(NC(=O)Nc4ccccc4)cc3)c2)cc1. The second kappa shape index (κ2) is 18.2. The van der Waals surface area contributed by atoms with Crippen LogP contribution in [0.5, 0.6) is 34.5 Å². The quantitative estimate of drug-likeness (QED) is 0.0730. The van der Waals surface area contributed by atoms with E-state index in [-0.39, 0.29) is 18.1 Å². The fourth-order valence-corrected chi connectivity index (χ4v) is 5.39. The zero-order valence-corrected chi connectivity index (χ0v) is 30.3. The Balaban J connectivity index is 1.03. The van der Waals surface area contributed by atoms with Gasteiger partial charge in [0, 0.05) is 52.3 Å². The number of hydrogen-bond donors (Lipinski definition) is 6. The Morgan fingerprint density at radius 2 is 0.474 bits per heavy atom. The first-order valence-corrected chi connectivity index (χ1v) is 17.8. The molecule has 57 heavy (non-hydrogen) atoms. The Morgan fingerprint density at radius 3 is 0.702 bits per heavy atom. The summed E-state index contributed by atoms with van der Waals surface area (Å²) in [6.45, 7) is 0. The molecule has 0 fully saturated rings. The van der Waals surface area contributed by atoms with Gasteiger partial charge in [-0.2, -0.15) is 0 Å². The molecule has 12 heteroatoms. The molecule has 0 radical (unpaired) electrons. The maximum atomic E-state index is 12.5. The average molecular weight is 757 g/mol. The van der Waals surface area contributed by atoms with Crippen molar-refractivity contribution in [2.45, 2.75) is 0 Å². The highest BCUT2D eigenvalue weighted by molar-refractivity contribution is 6.01. The largest absolute Gasteiger partial charge is 0.457 e. The number of ether oxygens (including phenoxy) is 3. The predicted molar refractivity (Wildman–Crippen MR) is 223 cm³/mol. The van der Waals surface area contributed by atoms with E-state index < -0.39 is 0 Å². The standard InChI is InChI=1S/C45H36N6O6/c52-43(46-31-10-4-1-5-11-31)49-34-16-22-37(23-17-34)55-40-28-41(56-38-24-18-35(19-25-38)50-44(53)47-32-12-6-2-7-13-32)30-42(29-40)57-39-26-20-36(21-27-39)51-45(54)48-33-14-8-3-9-15-33/h1-30H,(H2,46,49,52)(H2,47,50,53)(H2,48,51,54). The van der Waals surface area contributed by atoms with Crippen molar-refractivity contribution in [2.24, 2.45) is 0 Å². The van der Waals surface area contributed by atoms with Gasteiger partial charge in [0.2, 0.25) is 0 Å². The average Bonchev–Trinajstić information content (AvgIpc) is 3.21. The molecule has 0 heterocycles. The first-order chi connectivity index (χ1) is 27.9. The van der Waals surface area contributed by atoms with Crippen molar-refractivity contribution >= 4 is 52.2 Å². The summed E-state index contributed by atoms with van der Waals surface area (Å²) in [5, 5.41) is 16.8. The Hall–Kier alpha value is -8.25. The molecule has 6 N–H and O–H groups in total. The molecule has 7 aromatic carbocycles. The van der Waals surface area contributed by atoms with Crippen molar-refractivity contribution in [3.63, 3.8) is 0 Å². The minimum Gasteiger partial charge on any atom is -0.457 e. The van der Waals surface area contributed by atoms with Crippen LogP contribution in [0.4, 0.5) is 48.5 Å². The third-order valence-electron chi connectivity index (χ3n) is 7.99. The lowest BCUT2D eigenvalue weighted by molar-refractivity contribution is 0.261. The Bertz CT molecular complexity index is 2130. The van der Waals surface area contributed by atoms with Crippen LogP contribution in [0.2, 0.25) is 0 Å². The molecule has 7 aromatic rings. The van der Waals surface area contributed by atoms with Crippen molar-refractivity contribution in [3.8, 4) is 34.5 Å². The van der Waals surface area contributed by atoms with Crippen LogP contribution in [0.1, 0.15) is 0 Å². The van der Waals surface area contributed by atoms with E-state index in [0.717, 1.165) is 0 Å². The van der Waals surface area contributed by atoms with E-state index >= 15 is 0 Å². The second-order valence-corrected chi connectivity index (χ2v) is 12.4. The molecule has 0 unspecified atom stereocenters. The van der Waals surface area contributed by atoms with E-state index in [1.165, 1.54) is 0 Å². The van der Waals surface area contributed by atoms with Crippen LogP contribution in [0.15, 0.2) is 182 Å². The van der Waals surface area contributed by atoms with Gasteiger partial charge in [0.05, 0.1) is 0 Å². The fourth-order valence-electron chi connectivity index (χ4n) is 5.39. The van der Waals surface area contributed by atoms with Crippen LogP contribution >= 0.6 is 0 Å². The molecule has 282 valence electrons. The number of urea groups is 3. The lowest BCUT2D eigenvalue weighted by Crippen LogP contribution is -2.19. The summed E-state index contributed by atoms with van der Waals surface area (Å²) in [5.74, 6) is 2.74. The van der Waals surface area contributed by atoms with E-state index in [2.05, 4.69) is 31.9 Å². The molecule has 0 saturated carbocycles. The molecule has 0 bridgehead atoms. The van der Waals surface area contributed by atoms with Gasteiger partial charge in [-0.3, -0.25) is 0 Å². The number of amides is 6. The highest BCUT2D eigenvalue weighted by Crippen LogP contribution is 2.36. The minimum atomic E-state index is -0.375. The highest BCUT2D eigenvalue weighted by atomic mass is 16.5. The van der Waals surface area contributed by atoms with Crippen LogP contribution in [-0.4, -0.2) is 18.1 Å². The summed E-state index contributed by atoms with van der Waals surface area (Å²) in [7, 11) is 0. The Morgan fingerprint density at radius 1 is 0.263 bits per heavy atom. The molecule has 0 aromatic heterocycles. The molecule has 0 aliphatic rings. The van der Waals surface area contributed by atoms with E-state index in [1.54, 1.807) is 127 Å². The summed E-state index contributed by atoms with van der Waals surface area (Å²) in [5.41, 5.74) is 3.74. The summed E-state index contributed by atoms with van der Waals surface area (Å²) in [4.78, 5) is 37.4. The third kappa shape index (κ3) is 11.4. The molecular weight excluding hydrogens is 721 g/mol. The molecular formula is C45H36N6O6. The van der Waals surface area contributed by atoms with Gasteiger partial charge in [0.25, 0.3) is 0 Å². The van der Waals surface area contributed by atoms with Crippen LogP contribution < -0.4 is 46.1 Å². The van der Waals surface area contributed by atoms with Crippen molar-refractivity contribution < 1.29 is 28.6 Å². The number of anilines is 6. The maximum Gasteiger partial charge on any atom is 0.323 e. The minimum absolute atomic E-state index is 0.375. The zero-order chi connectivity index (χ0) is 39.2. The fraction of sp³-hybridized carbons (Fsp3) is 0. The first-order valence-electron chi connectivity index (χ1n) is 17.8. The van der Waals surface area contributed by atoms with Crippen LogP contribution in [0.3, 0.4) is 0 Å². The van der Waals surface area contributed by atoms with E-state index in [4.69, 9.17) is 14.2 Å². The van der Waals surface area contributed by atoms with Crippen LogP contribution in [-0.2, 0) is 0 Å². The van der Waals surface area contributed by atoms with Crippen LogP contribution in [0.25, 0.3) is 0 Å².